The van der Waals surface area contributed by atoms with Crippen molar-refractivity contribution in [3.63, 3.8) is 0 Å². The molecule has 0 atom stereocenters. The van der Waals surface area contributed by atoms with Crippen LogP contribution in [0.5, 0.6) is 0 Å². The summed E-state index contributed by atoms with van der Waals surface area (Å²) in [6.45, 7) is 14.1. The third kappa shape index (κ3) is 13.5. The number of rotatable bonds is 14. The summed E-state index contributed by atoms with van der Waals surface area (Å²) in [5.41, 5.74) is 42.6. The fourth-order valence-electron chi connectivity index (χ4n) is 23.8. The summed E-state index contributed by atoms with van der Waals surface area (Å²) in [6, 6.07) is 183. The number of nitrogens with zero attached hydrogens (tertiary/aromatic N) is 9. The standard InChI is InChI=1S/C55H41N3.C43H33N3.C37H27N3/c1-55(2)50-18-10-12-20-52(50)58-53(55)37-49-48-17-9-11-19-51(48)57(54(49)58)47-35-27-43(28-36-47)42-25-33-46(34-26-42)56(44-29-21-40(22-30-44)38-13-5-3-6-14-38)45-31-23-41(24-32-45)39-15-7-4-8-16-39;1-43(2)38-18-10-12-20-40(38)46-41(43)29-37-36-17-9-11-19-39(36)45(42(37)46)35-27-23-31(24-28-35)30-21-25-34(26-22-30)44(32-13-5-3-6-14-32)33-15-7-4-8-16-33;1-37(2)30-16-8-11-19-34(30)40-35(37)23-29-27-15-7-10-18-32(27)39(36(29)40)25-20-21-33-28(22-25)26-14-6-9-17-31(26)38(33)24-12-4-3-5-13-24/h3-37H,1-2H3;3-29H,1-2H3;3-23H,1-2H3. The van der Waals surface area contributed by atoms with E-state index in [1.54, 1.807) is 0 Å². The van der Waals surface area contributed by atoms with E-state index in [2.05, 4.69) is 587 Å². The third-order valence-electron chi connectivity index (χ3n) is 30.8. The Hall–Kier alpha value is -18.2. The van der Waals surface area contributed by atoms with E-state index in [0.29, 0.717) is 0 Å². The fourth-order valence-corrected chi connectivity index (χ4v) is 23.8. The number of anilines is 6. The van der Waals surface area contributed by atoms with Crippen LogP contribution >= 0.6 is 0 Å². The van der Waals surface area contributed by atoms with Crippen molar-refractivity contribution in [3.05, 3.63) is 537 Å². The van der Waals surface area contributed by atoms with Crippen molar-refractivity contribution in [3.8, 4) is 84.3 Å². The minimum absolute atomic E-state index is 0.0609. The predicted octanol–water partition coefficient (Wildman–Crippen LogP) is 35.3. The Morgan fingerprint density at radius 1 is 0.153 bits per heavy atom. The second-order valence-electron chi connectivity index (χ2n) is 40.0. The van der Waals surface area contributed by atoms with Gasteiger partial charge in [0.25, 0.3) is 0 Å². The Morgan fingerprint density at radius 3 is 0.701 bits per heavy atom. The van der Waals surface area contributed by atoms with Crippen LogP contribution in [0, 0.1) is 0 Å². The largest absolute Gasteiger partial charge is 0.311 e. The van der Waals surface area contributed by atoms with E-state index in [1.807, 2.05) is 0 Å². The fraction of sp³-hybridized carbons (Fsp3) is 0.0667. The molecular weight excluding hydrogens is 1750 g/mol. The number of aromatic nitrogens is 7. The van der Waals surface area contributed by atoms with Crippen LogP contribution in [0.1, 0.15) is 75.3 Å². The molecule has 144 heavy (non-hydrogen) atoms. The van der Waals surface area contributed by atoms with E-state index in [0.717, 1.165) is 45.5 Å². The highest BCUT2D eigenvalue weighted by Crippen LogP contribution is 2.54. The van der Waals surface area contributed by atoms with Gasteiger partial charge in [0, 0.05) is 133 Å². The molecule has 19 aromatic carbocycles. The zero-order valence-electron chi connectivity index (χ0n) is 80.9. The maximum absolute atomic E-state index is 2.50. The second-order valence-corrected chi connectivity index (χ2v) is 40.0. The Morgan fingerprint density at radius 2 is 0.375 bits per heavy atom. The highest BCUT2D eigenvalue weighted by atomic mass is 15.2. The number of benzene rings is 19. The summed E-state index contributed by atoms with van der Waals surface area (Å²) in [4.78, 5) is 4.64. The first-order chi connectivity index (χ1) is 70.7. The molecule has 0 saturated carbocycles. The summed E-state index contributed by atoms with van der Waals surface area (Å²) >= 11 is 0. The van der Waals surface area contributed by atoms with Gasteiger partial charge in [0.1, 0.15) is 16.9 Å². The van der Waals surface area contributed by atoms with Crippen molar-refractivity contribution in [1.82, 2.24) is 32.0 Å². The molecule has 0 amide bonds. The highest BCUT2D eigenvalue weighted by Gasteiger charge is 2.42. The molecule has 7 aromatic heterocycles. The molecule has 29 rings (SSSR count). The molecule has 0 radical (unpaired) electrons. The van der Waals surface area contributed by atoms with E-state index >= 15 is 0 Å². The third-order valence-corrected chi connectivity index (χ3v) is 30.8. The first-order valence-electron chi connectivity index (χ1n) is 50.0. The zero-order chi connectivity index (χ0) is 96.2. The molecule has 9 nitrogen and oxygen atoms in total. The van der Waals surface area contributed by atoms with Gasteiger partial charge in [-0.1, -0.05) is 357 Å². The smallest absolute Gasteiger partial charge is 0.130 e. The molecule has 0 unspecified atom stereocenters. The van der Waals surface area contributed by atoms with Gasteiger partial charge in [0.2, 0.25) is 0 Å². The predicted molar refractivity (Wildman–Crippen MR) is 602 cm³/mol. The van der Waals surface area contributed by atoms with Crippen LogP contribution in [0.25, 0.3) is 172 Å². The molecule has 10 heterocycles. The molecule has 9 heteroatoms. The molecule has 0 aliphatic carbocycles. The minimum Gasteiger partial charge on any atom is -0.311 e. The SMILES string of the molecule is CC1(C)c2ccccc2-n2c1cc1c3ccccc3n(-c3ccc(-c4ccc(N(c5ccc(-c6ccccc6)cc5)c5ccc(-c6ccccc6)cc5)cc4)cc3)c12.CC1(C)c2ccccc2-n2c1cc1c3ccccc3n(-c3ccc(-c4ccc(N(c5ccccc5)c5ccccc5)cc4)cc3)c12.CC1(C)c2ccccc2-n2c1cc1c3ccccc3n(-c3ccc4c(c3)c3ccccc3n4-c3ccccc3)c12. The average Bonchev–Trinajstić information content (AvgIpc) is 1.53. The van der Waals surface area contributed by atoms with Gasteiger partial charge in [0.15, 0.2) is 0 Å². The molecule has 0 N–H and O–H groups in total. The van der Waals surface area contributed by atoms with Gasteiger partial charge in [0.05, 0.1) is 44.6 Å². The van der Waals surface area contributed by atoms with Crippen molar-refractivity contribution < 1.29 is 0 Å². The zero-order valence-corrected chi connectivity index (χ0v) is 80.9. The molecule has 0 bridgehead atoms. The molecule has 0 saturated heterocycles. The van der Waals surface area contributed by atoms with Gasteiger partial charge in [-0.3, -0.25) is 27.4 Å². The lowest BCUT2D eigenvalue weighted by molar-refractivity contribution is 0.644. The Labute approximate surface area is 837 Å². The molecule has 0 spiro atoms. The van der Waals surface area contributed by atoms with Crippen molar-refractivity contribution in [2.75, 3.05) is 9.80 Å². The van der Waals surface area contributed by atoms with Crippen molar-refractivity contribution in [1.29, 1.82) is 0 Å². The van der Waals surface area contributed by atoms with Crippen LogP contribution in [0.3, 0.4) is 0 Å². The molecule has 3 aliphatic heterocycles. The summed E-state index contributed by atoms with van der Waals surface area (Å²) in [6.07, 6.45) is 0. The summed E-state index contributed by atoms with van der Waals surface area (Å²) in [5.74, 6) is 0. The van der Waals surface area contributed by atoms with E-state index in [9.17, 15) is 0 Å². The maximum Gasteiger partial charge on any atom is 0.130 e. The van der Waals surface area contributed by atoms with E-state index in [1.165, 1.54) is 194 Å². The number of hydrogen-bond donors (Lipinski definition) is 0. The van der Waals surface area contributed by atoms with Gasteiger partial charge >= 0.3 is 0 Å². The summed E-state index contributed by atoms with van der Waals surface area (Å²) in [7, 11) is 0. The Bertz CT molecular complexity index is 9340. The van der Waals surface area contributed by atoms with E-state index in [4.69, 9.17) is 0 Å². The number of hydrogen-bond acceptors (Lipinski definition) is 2. The lowest BCUT2D eigenvalue weighted by Gasteiger charge is -2.26. The maximum atomic E-state index is 2.50. The van der Waals surface area contributed by atoms with E-state index in [-0.39, 0.29) is 16.2 Å². The summed E-state index contributed by atoms with van der Waals surface area (Å²) in [5, 5.41) is 10.3. The van der Waals surface area contributed by atoms with Crippen LogP contribution < -0.4 is 9.80 Å². The summed E-state index contributed by atoms with van der Waals surface area (Å²) < 4.78 is 17.2. The Kier molecular flexibility index (Phi) is 19.8. The van der Waals surface area contributed by atoms with E-state index < -0.39 is 0 Å². The van der Waals surface area contributed by atoms with Gasteiger partial charge in [-0.15, -0.1) is 0 Å². The average molecular weight is 1850 g/mol. The van der Waals surface area contributed by atoms with Gasteiger partial charge in [-0.2, -0.15) is 0 Å². The second kappa shape index (κ2) is 33.6. The van der Waals surface area contributed by atoms with Crippen molar-refractivity contribution in [2.24, 2.45) is 0 Å². The molecular formula is C135H101N9. The quantitative estimate of drug-likeness (QED) is 0.109. The highest BCUT2D eigenvalue weighted by molar-refractivity contribution is 6.15. The Balaban J connectivity index is 0.000000109. The monoisotopic (exact) mass is 1850 g/mol. The van der Waals surface area contributed by atoms with Gasteiger partial charge < -0.3 is 14.4 Å². The molecule has 0 fully saturated rings. The van der Waals surface area contributed by atoms with Gasteiger partial charge in [-0.05, 0) is 249 Å². The van der Waals surface area contributed by atoms with Crippen LogP contribution in [0.15, 0.2) is 504 Å². The first kappa shape index (κ1) is 85.0. The topological polar surface area (TPSA) is 41.0 Å². The van der Waals surface area contributed by atoms with Gasteiger partial charge in [-0.25, -0.2) is 0 Å². The van der Waals surface area contributed by atoms with Crippen molar-refractivity contribution in [2.45, 2.75) is 57.8 Å². The normalized spacial score (nSPS) is 13.2. The molecule has 26 aromatic rings. The van der Waals surface area contributed by atoms with Crippen molar-refractivity contribution >= 4 is 122 Å². The number of fused-ring (bicyclic) bond motifs is 24. The van der Waals surface area contributed by atoms with Crippen LogP contribution in [0.2, 0.25) is 0 Å². The van der Waals surface area contributed by atoms with Crippen LogP contribution in [-0.2, 0) is 16.2 Å². The van der Waals surface area contributed by atoms with Crippen LogP contribution in [0.4, 0.5) is 34.1 Å². The lowest BCUT2D eigenvalue weighted by atomic mass is 9.83. The molecule has 686 valence electrons. The minimum atomic E-state index is -0.0790. The van der Waals surface area contributed by atoms with Crippen LogP contribution in [-0.4, -0.2) is 32.0 Å². The molecule has 3 aliphatic rings. The number of para-hydroxylation sites is 10. The lowest BCUT2D eigenvalue weighted by Crippen LogP contribution is -2.15. The first-order valence-corrected chi connectivity index (χ1v) is 50.0.